The SMILES string of the molecule is COc1ccc(-n2c(=O)c(C)nc3cccnc32)cc1OC1CCCC1. The van der Waals surface area contributed by atoms with E-state index in [1.165, 1.54) is 12.8 Å². The number of hydrogen-bond donors (Lipinski definition) is 0. The Balaban J connectivity index is 1.87. The quantitative estimate of drug-likeness (QED) is 0.720. The van der Waals surface area contributed by atoms with Crippen LogP contribution in [0.15, 0.2) is 41.3 Å². The summed E-state index contributed by atoms with van der Waals surface area (Å²) in [4.78, 5) is 21.5. The maximum atomic E-state index is 12.8. The first-order chi connectivity index (χ1) is 12.7. The number of methoxy groups -OCH3 is 1. The van der Waals surface area contributed by atoms with Gasteiger partial charge in [0.2, 0.25) is 0 Å². The molecule has 0 N–H and O–H groups in total. The van der Waals surface area contributed by atoms with Crippen molar-refractivity contribution in [1.29, 1.82) is 0 Å². The number of aromatic nitrogens is 3. The molecule has 0 bridgehead atoms. The molecule has 6 heteroatoms. The maximum absolute atomic E-state index is 12.8. The Morgan fingerprint density at radius 2 is 1.96 bits per heavy atom. The highest BCUT2D eigenvalue weighted by molar-refractivity contribution is 5.72. The summed E-state index contributed by atoms with van der Waals surface area (Å²) in [7, 11) is 1.62. The summed E-state index contributed by atoms with van der Waals surface area (Å²) in [6.45, 7) is 1.71. The van der Waals surface area contributed by atoms with Crippen molar-refractivity contribution in [3.05, 3.63) is 52.6 Å². The van der Waals surface area contributed by atoms with Gasteiger partial charge in [0.15, 0.2) is 17.1 Å². The molecule has 4 rings (SSSR count). The van der Waals surface area contributed by atoms with E-state index in [9.17, 15) is 4.79 Å². The monoisotopic (exact) mass is 351 g/mol. The molecule has 2 aromatic heterocycles. The van der Waals surface area contributed by atoms with E-state index in [0.29, 0.717) is 34.0 Å². The normalized spacial score (nSPS) is 14.7. The lowest BCUT2D eigenvalue weighted by Gasteiger charge is -2.18. The van der Waals surface area contributed by atoms with Crippen LogP contribution in [-0.2, 0) is 0 Å². The van der Waals surface area contributed by atoms with Gasteiger partial charge < -0.3 is 9.47 Å². The predicted molar refractivity (Wildman–Crippen MR) is 99.3 cm³/mol. The van der Waals surface area contributed by atoms with Gasteiger partial charge in [0.1, 0.15) is 11.2 Å². The molecule has 2 heterocycles. The molecule has 26 heavy (non-hydrogen) atoms. The number of rotatable bonds is 4. The fourth-order valence-electron chi connectivity index (χ4n) is 3.46. The van der Waals surface area contributed by atoms with Gasteiger partial charge in [0.05, 0.1) is 18.9 Å². The van der Waals surface area contributed by atoms with Gasteiger partial charge in [-0.15, -0.1) is 0 Å². The van der Waals surface area contributed by atoms with Gasteiger partial charge in [-0.1, -0.05) is 0 Å². The Hall–Kier alpha value is -2.89. The summed E-state index contributed by atoms with van der Waals surface area (Å²) in [6, 6.07) is 9.19. The van der Waals surface area contributed by atoms with Crippen LogP contribution in [0, 0.1) is 6.92 Å². The largest absolute Gasteiger partial charge is 0.493 e. The van der Waals surface area contributed by atoms with E-state index in [-0.39, 0.29) is 11.7 Å². The molecule has 0 aliphatic heterocycles. The van der Waals surface area contributed by atoms with Crippen molar-refractivity contribution in [1.82, 2.24) is 14.5 Å². The number of aryl methyl sites for hydroxylation is 1. The molecule has 134 valence electrons. The van der Waals surface area contributed by atoms with Crippen LogP contribution in [0.5, 0.6) is 11.5 Å². The molecule has 6 nitrogen and oxygen atoms in total. The van der Waals surface area contributed by atoms with Crippen LogP contribution in [0.1, 0.15) is 31.4 Å². The van der Waals surface area contributed by atoms with Gasteiger partial charge in [-0.3, -0.25) is 9.36 Å². The summed E-state index contributed by atoms with van der Waals surface area (Å²) < 4.78 is 13.2. The highest BCUT2D eigenvalue weighted by Gasteiger charge is 2.20. The summed E-state index contributed by atoms with van der Waals surface area (Å²) in [5.41, 5.74) is 2.14. The fourth-order valence-corrected chi connectivity index (χ4v) is 3.46. The molecule has 0 unspecified atom stereocenters. The molecule has 1 fully saturated rings. The van der Waals surface area contributed by atoms with Crippen LogP contribution in [0.25, 0.3) is 16.9 Å². The summed E-state index contributed by atoms with van der Waals surface area (Å²) in [6.07, 6.45) is 6.33. The molecular weight excluding hydrogens is 330 g/mol. The Morgan fingerprint density at radius 1 is 1.15 bits per heavy atom. The zero-order valence-electron chi connectivity index (χ0n) is 14.9. The second-order valence-electron chi connectivity index (χ2n) is 6.54. The molecule has 0 saturated heterocycles. The lowest BCUT2D eigenvalue weighted by Crippen LogP contribution is -2.23. The topological polar surface area (TPSA) is 66.2 Å². The van der Waals surface area contributed by atoms with Crippen molar-refractivity contribution in [2.45, 2.75) is 38.7 Å². The number of ether oxygens (including phenoxy) is 2. The molecular formula is C20H21N3O3. The number of fused-ring (bicyclic) bond motifs is 1. The molecule has 1 aliphatic carbocycles. The zero-order valence-corrected chi connectivity index (χ0v) is 14.9. The first-order valence-electron chi connectivity index (χ1n) is 8.87. The maximum Gasteiger partial charge on any atom is 0.278 e. The van der Waals surface area contributed by atoms with Crippen LogP contribution in [0.2, 0.25) is 0 Å². The van der Waals surface area contributed by atoms with Crippen LogP contribution in [-0.4, -0.2) is 27.7 Å². The molecule has 1 aliphatic rings. The van der Waals surface area contributed by atoms with Crippen molar-refractivity contribution in [2.24, 2.45) is 0 Å². The Morgan fingerprint density at radius 3 is 2.73 bits per heavy atom. The Bertz CT molecular complexity index is 1010. The second kappa shape index (κ2) is 6.78. The van der Waals surface area contributed by atoms with Crippen molar-refractivity contribution >= 4 is 11.2 Å². The van der Waals surface area contributed by atoms with Crippen molar-refractivity contribution in [3.8, 4) is 17.2 Å². The minimum absolute atomic E-state index is 0.187. The number of nitrogens with zero attached hydrogens (tertiary/aromatic N) is 3. The number of benzene rings is 1. The molecule has 3 aromatic rings. The first-order valence-corrected chi connectivity index (χ1v) is 8.87. The highest BCUT2D eigenvalue weighted by Crippen LogP contribution is 2.33. The first kappa shape index (κ1) is 16.6. The molecule has 0 atom stereocenters. The molecule has 0 radical (unpaired) electrons. The van der Waals surface area contributed by atoms with Gasteiger partial charge in [-0.25, -0.2) is 9.97 Å². The number of pyridine rings is 1. The Kier molecular flexibility index (Phi) is 4.32. The van der Waals surface area contributed by atoms with E-state index in [0.717, 1.165) is 12.8 Å². The van der Waals surface area contributed by atoms with E-state index in [2.05, 4.69) is 9.97 Å². The smallest absolute Gasteiger partial charge is 0.278 e. The van der Waals surface area contributed by atoms with Gasteiger partial charge in [-0.2, -0.15) is 0 Å². The Labute approximate surface area is 151 Å². The predicted octanol–water partition coefficient (Wildman–Crippen LogP) is 3.42. The summed E-state index contributed by atoms with van der Waals surface area (Å²) >= 11 is 0. The van der Waals surface area contributed by atoms with E-state index >= 15 is 0 Å². The number of hydrogen-bond acceptors (Lipinski definition) is 5. The van der Waals surface area contributed by atoms with Crippen LogP contribution >= 0.6 is 0 Å². The van der Waals surface area contributed by atoms with Gasteiger partial charge >= 0.3 is 0 Å². The third-order valence-corrected chi connectivity index (χ3v) is 4.78. The molecule has 1 aromatic carbocycles. The van der Waals surface area contributed by atoms with Crippen molar-refractivity contribution < 1.29 is 9.47 Å². The summed E-state index contributed by atoms with van der Waals surface area (Å²) in [5.74, 6) is 1.32. The van der Waals surface area contributed by atoms with Gasteiger partial charge in [-0.05, 0) is 56.9 Å². The van der Waals surface area contributed by atoms with Crippen molar-refractivity contribution in [2.75, 3.05) is 7.11 Å². The standard InChI is InChI=1S/C20H21N3O3/c1-13-20(24)23(19-16(22-13)8-5-11-21-19)14-9-10-17(25-2)18(12-14)26-15-6-3-4-7-15/h5,8-12,15H,3-4,6-7H2,1-2H3. The van der Waals surface area contributed by atoms with Gasteiger partial charge in [0.25, 0.3) is 5.56 Å². The molecule has 1 saturated carbocycles. The van der Waals surface area contributed by atoms with E-state index in [1.54, 1.807) is 24.8 Å². The summed E-state index contributed by atoms with van der Waals surface area (Å²) in [5, 5.41) is 0. The van der Waals surface area contributed by atoms with Crippen molar-refractivity contribution in [3.63, 3.8) is 0 Å². The van der Waals surface area contributed by atoms with E-state index in [4.69, 9.17) is 9.47 Å². The van der Waals surface area contributed by atoms with Crippen LogP contribution in [0.4, 0.5) is 0 Å². The average Bonchev–Trinajstić information content (AvgIpc) is 3.16. The third-order valence-electron chi connectivity index (χ3n) is 4.78. The van der Waals surface area contributed by atoms with E-state index < -0.39 is 0 Å². The average molecular weight is 351 g/mol. The van der Waals surface area contributed by atoms with Gasteiger partial charge in [0, 0.05) is 12.3 Å². The minimum Gasteiger partial charge on any atom is -0.493 e. The highest BCUT2D eigenvalue weighted by atomic mass is 16.5. The second-order valence-corrected chi connectivity index (χ2v) is 6.54. The van der Waals surface area contributed by atoms with Crippen LogP contribution in [0.3, 0.4) is 0 Å². The lowest BCUT2D eigenvalue weighted by molar-refractivity contribution is 0.201. The molecule has 0 spiro atoms. The fraction of sp³-hybridized carbons (Fsp3) is 0.350. The lowest BCUT2D eigenvalue weighted by atomic mass is 10.2. The van der Waals surface area contributed by atoms with Crippen LogP contribution < -0.4 is 15.0 Å². The zero-order chi connectivity index (χ0) is 18.1. The molecule has 0 amide bonds. The third kappa shape index (κ3) is 2.92. The van der Waals surface area contributed by atoms with E-state index in [1.807, 2.05) is 30.3 Å². The minimum atomic E-state index is -0.187.